The summed E-state index contributed by atoms with van der Waals surface area (Å²) in [5.41, 5.74) is 9.79. The van der Waals surface area contributed by atoms with E-state index in [9.17, 15) is 34.2 Å². The van der Waals surface area contributed by atoms with Crippen molar-refractivity contribution in [3.8, 4) is 28.7 Å². The number of nitriles is 1. The van der Waals surface area contributed by atoms with Crippen molar-refractivity contribution in [2.24, 2.45) is 17.6 Å². The van der Waals surface area contributed by atoms with Crippen molar-refractivity contribution < 1.29 is 34.2 Å². The molecule has 55 heavy (non-hydrogen) atoms. The van der Waals surface area contributed by atoms with Gasteiger partial charge in [-0.05, 0) is 85.7 Å². The summed E-state index contributed by atoms with van der Waals surface area (Å²) in [5.74, 6) is -4.22. The molecule has 0 saturated carbocycles. The minimum atomic E-state index is -1.24. The monoisotopic (exact) mass is 750 g/mol. The molecule has 4 bridgehead atoms. The molecule has 4 atom stereocenters. The SMILES string of the molecule is CCCCCCc1ccc(C(=O)C[C@@H](CCN)C(=O)N(C)[C@@H]2C(=O)C[C@@H](C)C(=O)N[C@H](C(=O)CCC#N)Cc3ccc(O)c(c3)-c3cc2ccc3O)c(C)c1. The number of nitrogens with two attached hydrogens (primary N) is 1. The number of aromatic hydroxyl groups is 2. The van der Waals surface area contributed by atoms with Gasteiger partial charge in [-0.3, -0.25) is 24.0 Å². The van der Waals surface area contributed by atoms with E-state index in [4.69, 9.17) is 11.0 Å². The second-order valence-electron chi connectivity index (χ2n) is 14.8. The number of Topliss-reactive ketones (excluding diaryl/α,β-unsaturated/α-hetero) is 3. The summed E-state index contributed by atoms with van der Waals surface area (Å²) in [7, 11) is 1.47. The minimum Gasteiger partial charge on any atom is -0.507 e. The van der Waals surface area contributed by atoms with Gasteiger partial charge < -0.3 is 26.2 Å². The Bertz CT molecular complexity index is 1930. The van der Waals surface area contributed by atoms with E-state index in [1.54, 1.807) is 19.1 Å². The summed E-state index contributed by atoms with van der Waals surface area (Å²) in [6.07, 6.45) is 5.16. The van der Waals surface area contributed by atoms with Crippen LogP contribution in [0.25, 0.3) is 11.1 Å². The van der Waals surface area contributed by atoms with Crippen LogP contribution in [0.4, 0.5) is 0 Å². The number of hydrogen-bond donors (Lipinski definition) is 4. The number of fused-ring (bicyclic) bond motifs is 5. The van der Waals surface area contributed by atoms with Crippen LogP contribution < -0.4 is 11.1 Å². The highest BCUT2D eigenvalue weighted by molar-refractivity contribution is 6.01. The molecule has 11 heteroatoms. The van der Waals surface area contributed by atoms with Crippen LogP contribution in [0.3, 0.4) is 0 Å². The molecular formula is C44H54N4O7. The Hall–Kier alpha value is -5.34. The number of ketones is 3. The Morgan fingerprint density at radius 3 is 2.36 bits per heavy atom. The lowest BCUT2D eigenvalue weighted by Gasteiger charge is -2.32. The highest BCUT2D eigenvalue weighted by Gasteiger charge is 2.36. The van der Waals surface area contributed by atoms with E-state index in [0.29, 0.717) is 16.7 Å². The molecule has 11 nitrogen and oxygen atoms in total. The van der Waals surface area contributed by atoms with Gasteiger partial charge in [0.2, 0.25) is 11.8 Å². The molecule has 0 unspecified atom stereocenters. The van der Waals surface area contributed by atoms with Gasteiger partial charge >= 0.3 is 0 Å². The van der Waals surface area contributed by atoms with Crippen molar-refractivity contribution in [2.45, 2.75) is 103 Å². The first-order valence-electron chi connectivity index (χ1n) is 19.3. The number of unbranched alkanes of at least 4 members (excludes halogenated alkanes) is 3. The normalized spacial score (nSPS) is 17.7. The molecule has 3 aromatic carbocycles. The molecule has 5 N–H and O–H groups in total. The molecular weight excluding hydrogens is 697 g/mol. The lowest BCUT2D eigenvalue weighted by Crippen LogP contribution is -2.45. The van der Waals surface area contributed by atoms with Gasteiger partial charge in [-0.25, -0.2) is 0 Å². The van der Waals surface area contributed by atoms with Crippen LogP contribution in [0.15, 0.2) is 54.6 Å². The molecule has 1 aliphatic heterocycles. The van der Waals surface area contributed by atoms with Gasteiger partial charge in [-0.15, -0.1) is 0 Å². The van der Waals surface area contributed by atoms with Crippen molar-refractivity contribution >= 4 is 29.2 Å². The van der Waals surface area contributed by atoms with E-state index in [1.165, 1.54) is 42.6 Å². The Morgan fingerprint density at radius 2 is 1.69 bits per heavy atom. The number of nitrogens with one attached hydrogen (secondary N) is 1. The molecule has 1 heterocycles. The van der Waals surface area contributed by atoms with Crippen LogP contribution in [-0.4, -0.2) is 63.9 Å². The fourth-order valence-corrected chi connectivity index (χ4v) is 7.36. The summed E-state index contributed by atoms with van der Waals surface area (Å²) in [6, 6.07) is 14.5. The lowest BCUT2D eigenvalue weighted by atomic mass is 9.88. The average Bonchev–Trinajstić information content (AvgIpc) is 3.15. The van der Waals surface area contributed by atoms with Gasteiger partial charge in [0.05, 0.1) is 12.1 Å². The van der Waals surface area contributed by atoms with Gasteiger partial charge in [0, 0.05) is 61.3 Å². The number of rotatable bonds is 15. The maximum atomic E-state index is 14.4. The predicted molar refractivity (Wildman–Crippen MR) is 210 cm³/mol. The first kappa shape index (κ1) is 42.4. The fourth-order valence-electron chi connectivity index (χ4n) is 7.36. The van der Waals surface area contributed by atoms with E-state index >= 15 is 0 Å². The van der Waals surface area contributed by atoms with Gasteiger partial charge in [0.25, 0.3) is 0 Å². The third kappa shape index (κ3) is 10.9. The zero-order valence-electron chi connectivity index (χ0n) is 32.4. The van der Waals surface area contributed by atoms with Crippen LogP contribution >= 0.6 is 0 Å². The number of aryl methyl sites for hydroxylation is 2. The van der Waals surface area contributed by atoms with Gasteiger partial charge in [0.15, 0.2) is 17.3 Å². The maximum Gasteiger partial charge on any atom is 0.226 e. The highest BCUT2D eigenvalue weighted by Crippen LogP contribution is 2.39. The molecule has 292 valence electrons. The molecule has 0 aromatic heterocycles. The largest absolute Gasteiger partial charge is 0.507 e. The zero-order valence-corrected chi connectivity index (χ0v) is 32.4. The lowest BCUT2D eigenvalue weighted by molar-refractivity contribution is -0.142. The molecule has 1 aliphatic rings. The topological polar surface area (TPSA) is 191 Å². The standard InChI is InChI=1S/C44H54N4O7/c1-5-6-7-8-10-29-12-15-33(27(2)21-29)40(52)26-32(18-20-46)44(55)48(4)42-31-14-17-38(50)35(25-31)34-23-30(13-16-37(34)49)24-36(39(51)11-9-19-45)47-43(54)28(3)22-41(42)53/h12-17,21,23,25,28,32,36,42,49-50H,5-11,18,20,22,24,26,46H2,1-4H3,(H,47,54)/t28-,32-,36+,42+/m1/s1. The van der Waals surface area contributed by atoms with E-state index in [-0.39, 0.29) is 79.3 Å². The van der Waals surface area contributed by atoms with Crippen LogP contribution in [-0.2, 0) is 32.0 Å². The quantitative estimate of drug-likeness (QED) is 0.1000. The van der Waals surface area contributed by atoms with Gasteiger partial charge in [-0.2, -0.15) is 5.26 Å². The number of likely N-dealkylation sites (N-methyl/N-ethyl adjacent to an activating group) is 1. The zero-order chi connectivity index (χ0) is 40.2. The third-order valence-corrected chi connectivity index (χ3v) is 10.5. The average molecular weight is 751 g/mol. The summed E-state index contributed by atoms with van der Waals surface area (Å²) in [4.78, 5) is 70.4. The summed E-state index contributed by atoms with van der Waals surface area (Å²) >= 11 is 0. The summed E-state index contributed by atoms with van der Waals surface area (Å²) in [6.45, 7) is 5.74. The number of carbonyl (C=O) groups is 5. The van der Waals surface area contributed by atoms with Crippen molar-refractivity contribution in [1.82, 2.24) is 10.2 Å². The summed E-state index contributed by atoms with van der Waals surface area (Å²) in [5, 5.41) is 33.8. The molecule has 0 radical (unpaired) electrons. The van der Waals surface area contributed by atoms with Gasteiger partial charge in [-0.1, -0.05) is 63.4 Å². The second-order valence-corrected chi connectivity index (χ2v) is 14.8. The number of amides is 2. The Kier molecular flexibility index (Phi) is 15.3. The minimum absolute atomic E-state index is 0.0371. The summed E-state index contributed by atoms with van der Waals surface area (Å²) < 4.78 is 0. The van der Waals surface area contributed by atoms with Crippen LogP contribution in [0.1, 0.15) is 110 Å². The van der Waals surface area contributed by atoms with Crippen LogP contribution in [0.2, 0.25) is 0 Å². The molecule has 0 fully saturated rings. The Morgan fingerprint density at radius 1 is 0.982 bits per heavy atom. The molecule has 0 aliphatic carbocycles. The van der Waals surface area contributed by atoms with Crippen LogP contribution in [0, 0.1) is 30.1 Å². The third-order valence-electron chi connectivity index (χ3n) is 10.5. The van der Waals surface area contributed by atoms with E-state index in [1.807, 2.05) is 31.2 Å². The highest BCUT2D eigenvalue weighted by atomic mass is 16.3. The molecule has 4 rings (SSSR count). The fraction of sp³-hybridized carbons (Fsp3) is 0.455. The number of nitrogens with zero attached hydrogens (tertiary/aromatic N) is 2. The molecule has 3 aromatic rings. The first-order valence-corrected chi connectivity index (χ1v) is 19.3. The van der Waals surface area contributed by atoms with Crippen molar-refractivity contribution in [1.29, 1.82) is 5.26 Å². The predicted octanol–water partition coefficient (Wildman–Crippen LogP) is 6.44. The molecule has 0 saturated heterocycles. The van der Waals surface area contributed by atoms with E-state index in [0.717, 1.165) is 36.8 Å². The Balaban J connectivity index is 1.70. The van der Waals surface area contributed by atoms with Crippen molar-refractivity contribution in [3.05, 3.63) is 82.4 Å². The number of benzene rings is 3. The number of phenolic OH excluding ortho intramolecular Hbond substituents is 2. The van der Waals surface area contributed by atoms with E-state index in [2.05, 4.69) is 12.2 Å². The number of hydrogen-bond acceptors (Lipinski definition) is 9. The number of carbonyl (C=O) groups excluding carboxylic acids is 5. The van der Waals surface area contributed by atoms with Crippen molar-refractivity contribution in [2.75, 3.05) is 13.6 Å². The second kappa shape index (κ2) is 19.8. The molecule has 2 amide bonds. The first-order chi connectivity index (χ1) is 26.3. The van der Waals surface area contributed by atoms with E-state index < -0.39 is 41.5 Å². The smallest absolute Gasteiger partial charge is 0.226 e. The maximum absolute atomic E-state index is 14.4. The van der Waals surface area contributed by atoms with Crippen LogP contribution in [0.5, 0.6) is 11.5 Å². The van der Waals surface area contributed by atoms with Crippen molar-refractivity contribution in [3.63, 3.8) is 0 Å². The Labute approximate surface area is 323 Å². The molecule has 0 spiro atoms. The number of phenols is 2. The van der Waals surface area contributed by atoms with Gasteiger partial charge in [0.1, 0.15) is 17.5 Å².